The Morgan fingerprint density at radius 3 is 2.21 bits per heavy atom. The first kappa shape index (κ1) is 20.3. The molecule has 0 aliphatic rings. The Kier molecular flexibility index (Phi) is 5.79. The third-order valence-corrected chi connectivity index (χ3v) is 5.86. The van der Waals surface area contributed by atoms with Gasteiger partial charge in [-0.05, 0) is 36.8 Å². The lowest BCUT2D eigenvalue weighted by molar-refractivity contribution is 0.0600. The van der Waals surface area contributed by atoms with Crippen LogP contribution in [0.3, 0.4) is 0 Å². The fourth-order valence-corrected chi connectivity index (χ4v) is 4.20. The molecule has 3 aromatic rings. The van der Waals surface area contributed by atoms with Crippen molar-refractivity contribution >= 4 is 27.5 Å². The number of aryl methyl sites for hydroxylation is 1. The van der Waals surface area contributed by atoms with Crippen LogP contribution in [0.15, 0.2) is 77.7 Å². The third-order valence-electron chi connectivity index (χ3n) is 4.35. The smallest absolute Gasteiger partial charge is 0.337 e. The van der Waals surface area contributed by atoms with Crippen molar-refractivity contribution in [1.29, 1.82) is 0 Å². The fraction of sp³-hybridized carbons (Fsp3) is 0.0909. The quantitative estimate of drug-likeness (QED) is 0.494. The Bertz CT molecular complexity index is 1170. The zero-order valence-corrected chi connectivity index (χ0v) is 16.7. The number of carbonyl (C=O) groups is 2. The van der Waals surface area contributed by atoms with E-state index in [0.29, 0.717) is 11.1 Å². The van der Waals surface area contributed by atoms with Gasteiger partial charge in [-0.1, -0.05) is 48.5 Å². The summed E-state index contributed by atoms with van der Waals surface area (Å²) in [6.45, 7) is 1.62. The molecule has 1 N–H and O–H groups in total. The van der Waals surface area contributed by atoms with Gasteiger partial charge in [0.15, 0.2) is 5.78 Å². The molecule has 0 heterocycles. The number of para-hydroxylation sites is 1. The predicted molar refractivity (Wildman–Crippen MR) is 110 cm³/mol. The van der Waals surface area contributed by atoms with E-state index in [-0.39, 0.29) is 27.5 Å². The number of hydrogen-bond donors (Lipinski definition) is 1. The number of nitrogens with one attached hydrogen (secondary N) is 1. The second-order valence-corrected chi connectivity index (χ2v) is 7.97. The van der Waals surface area contributed by atoms with Gasteiger partial charge in [-0.3, -0.25) is 9.52 Å². The molecular weight excluding hydrogens is 390 g/mol. The van der Waals surface area contributed by atoms with Gasteiger partial charge in [-0.25, -0.2) is 13.2 Å². The van der Waals surface area contributed by atoms with Crippen molar-refractivity contribution in [1.82, 2.24) is 0 Å². The van der Waals surface area contributed by atoms with Gasteiger partial charge in [0.05, 0.1) is 23.3 Å². The van der Waals surface area contributed by atoms with Crippen molar-refractivity contribution in [3.05, 3.63) is 95.1 Å². The molecule has 29 heavy (non-hydrogen) atoms. The van der Waals surface area contributed by atoms with E-state index in [9.17, 15) is 18.0 Å². The first-order chi connectivity index (χ1) is 13.8. The van der Waals surface area contributed by atoms with E-state index >= 15 is 0 Å². The van der Waals surface area contributed by atoms with Crippen LogP contribution in [0.25, 0.3) is 0 Å². The van der Waals surface area contributed by atoms with Gasteiger partial charge >= 0.3 is 5.97 Å². The van der Waals surface area contributed by atoms with Crippen molar-refractivity contribution in [2.24, 2.45) is 0 Å². The molecule has 6 nitrogen and oxygen atoms in total. The molecule has 0 amide bonds. The maximum absolute atomic E-state index is 13.0. The summed E-state index contributed by atoms with van der Waals surface area (Å²) < 4.78 is 33.2. The van der Waals surface area contributed by atoms with E-state index in [2.05, 4.69) is 9.46 Å². The molecule has 148 valence electrons. The number of sulfonamides is 1. The molecule has 0 bridgehead atoms. The standard InChI is InChI=1S/C22H19NO5S/c1-15-12-13-17(22(25)28-2)14-20(15)29(26,27)23-19-11-7-6-10-18(19)21(24)16-8-4-3-5-9-16/h3-14,23H,1-2H3. The summed E-state index contributed by atoms with van der Waals surface area (Å²) in [6.07, 6.45) is 0. The number of methoxy groups -OCH3 is 1. The number of rotatable bonds is 6. The SMILES string of the molecule is COC(=O)c1ccc(C)c(S(=O)(=O)Nc2ccccc2C(=O)c2ccccc2)c1. The summed E-state index contributed by atoms with van der Waals surface area (Å²) in [5.74, 6) is -0.940. The van der Waals surface area contributed by atoms with Crippen LogP contribution in [0.5, 0.6) is 0 Å². The Morgan fingerprint density at radius 2 is 1.52 bits per heavy atom. The fourth-order valence-electron chi connectivity index (χ4n) is 2.85. The Balaban J connectivity index is 2.01. The third kappa shape index (κ3) is 4.35. The van der Waals surface area contributed by atoms with Gasteiger partial charge in [0, 0.05) is 11.1 Å². The number of carbonyl (C=O) groups excluding carboxylic acids is 2. The number of benzene rings is 3. The second kappa shape index (κ2) is 8.28. The lowest BCUT2D eigenvalue weighted by Crippen LogP contribution is -2.17. The van der Waals surface area contributed by atoms with Gasteiger partial charge < -0.3 is 4.74 Å². The zero-order chi connectivity index (χ0) is 21.0. The molecule has 0 aliphatic carbocycles. The van der Waals surface area contributed by atoms with Gasteiger partial charge in [-0.15, -0.1) is 0 Å². The van der Waals surface area contributed by atoms with Gasteiger partial charge in [0.25, 0.3) is 10.0 Å². The number of anilines is 1. The largest absolute Gasteiger partial charge is 0.465 e. The van der Waals surface area contributed by atoms with Crippen molar-refractivity contribution in [2.75, 3.05) is 11.8 Å². The second-order valence-electron chi connectivity index (χ2n) is 6.32. The van der Waals surface area contributed by atoms with Crippen LogP contribution in [-0.2, 0) is 14.8 Å². The minimum atomic E-state index is -4.06. The maximum Gasteiger partial charge on any atom is 0.337 e. The summed E-state index contributed by atoms with van der Waals surface area (Å²) in [6, 6.07) is 19.3. The molecule has 0 saturated heterocycles. The van der Waals surface area contributed by atoms with Crippen LogP contribution in [0.1, 0.15) is 31.8 Å². The zero-order valence-electron chi connectivity index (χ0n) is 15.9. The van der Waals surface area contributed by atoms with E-state index < -0.39 is 16.0 Å². The maximum atomic E-state index is 13.0. The van der Waals surface area contributed by atoms with Crippen LogP contribution in [0, 0.1) is 6.92 Å². The minimum Gasteiger partial charge on any atom is -0.465 e. The molecule has 7 heteroatoms. The lowest BCUT2D eigenvalue weighted by Gasteiger charge is -2.14. The normalized spacial score (nSPS) is 11.0. The van der Waals surface area contributed by atoms with Crippen LogP contribution in [-0.4, -0.2) is 27.3 Å². The molecule has 0 aromatic heterocycles. The van der Waals surface area contributed by atoms with Crippen molar-refractivity contribution in [3.8, 4) is 0 Å². The number of ether oxygens (including phenoxy) is 1. The molecule has 0 aliphatic heterocycles. The van der Waals surface area contributed by atoms with E-state index in [0.717, 1.165) is 0 Å². The Hall–Kier alpha value is -3.45. The van der Waals surface area contributed by atoms with Crippen molar-refractivity contribution in [2.45, 2.75) is 11.8 Å². The van der Waals surface area contributed by atoms with Crippen LogP contribution >= 0.6 is 0 Å². The van der Waals surface area contributed by atoms with Crippen molar-refractivity contribution < 1.29 is 22.7 Å². The van der Waals surface area contributed by atoms with Crippen LogP contribution in [0.2, 0.25) is 0 Å². The van der Waals surface area contributed by atoms with Gasteiger partial charge in [0.2, 0.25) is 0 Å². The summed E-state index contributed by atoms with van der Waals surface area (Å²) >= 11 is 0. The summed E-state index contributed by atoms with van der Waals surface area (Å²) in [4.78, 5) is 24.6. The van der Waals surface area contributed by atoms with Gasteiger partial charge in [-0.2, -0.15) is 0 Å². The van der Waals surface area contributed by atoms with Gasteiger partial charge in [0.1, 0.15) is 0 Å². The summed E-state index contributed by atoms with van der Waals surface area (Å²) in [5.41, 5.74) is 1.40. The van der Waals surface area contributed by atoms with E-state index in [1.54, 1.807) is 55.5 Å². The minimum absolute atomic E-state index is 0.0673. The van der Waals surface area contributed by atoms with Crippen LogP contribution in [0.4, 0.5) is 5.69 Å². The molecule has 0 atom stereocenters. The number of esters is 1. The van der Waals surface area contributed by atoms with Crippen LogP contribution < -0.4 is 4.72 Å². The lowest BCUT2D eigenvalue weighted by atomic mass is 10.0. The monoisotopic (exact) mass is 409 g/mol. The molecule has 3 aromatic carbocycles. The topological polar surface area (TPSA) is 89.5 Å². The van der Waals surface area contributed by atoms with Crippen molar-refractivity contribution in [3.63, 3.8) is 0 Å². The van der Waals surface area contributed by atoms with E-state index in [1.807, 2.05) is 0 Å². The number of ketones is 1. The van der Waals surface area contributed by atoms with E-state index in [1.165, 1.54) is 31.4 Å². The van der Waals surface area contributed by atoms with E-state index in [4.69, 9.17) is 0 Å². The first-order valence-electron chi connectivity index (χ1n) is 8.74. The number of hydrogen-bond acceptors (Lipinski definition) is 5. The summed E-state index contributed by atoms with van der Waals surface area (Å²) in [5, 5.41) is 0. The predicted octanol–water partition coefficient (Wildman–Crippen LogP) is 3.81. The average Bonchev–Trinajstić information content (AvgIpc) is 2.73. The highest BCUT2D eigenvalue weighted by molar-refractivity contribution is 7.92. The molecule has 0 saturated carbocycles. The molecular formula is C22H19NO5S. The Morgan fingerprint density at radius 1 is 0.862 bits per heavy atom. The first-order valence-corrected chi connectivity index (χ1v) is 10.2. The average molecular weight is 409 g/mol. The highest BCUT2D eigenvalue weighted by Crippen LogP contribution is 2.25. The highest BCUT2D eigenvalue weighted by Gasteiger charge is 2.22. The molecule has 0 spiro atoms. The highest BCUT2D eigenvalue weighted by atomic mass is 32.2. The summed E-state index contributed by atoms with van der Waals surface area (Å²) in [7, 11) is -2.83. The molecule has 0 radical (unpaired) electrons. The molecule has 3 rings (SSSR count). The molecule has 0 unspecified atom stereocenters. The Labute approximate surface area is 169 Å². The molecule has 0 fully saturated rings.